The second kappa shape index (κ2) is 2.53. The first-order chi connectivity index (χ1) is 5.36. The minimum absolute atomic E-state index is 0.0370. The molecule has 2 nitrogen and oxygen atoms in total. The lowest BCUT2D eigenvalue weighted by atomic mass is 9.95. The first kappa shape index (κ1) is 6.65. The molecule has 0 amide bonds. The second-order valence-corrected chi connectivity index (χ2v) is 2.86. The maximum Gasteiger partial charge on any atom is 0.310 e. The number of esters is 1. The van der Waals surface area contributed by atoms with Crippen LogP contribution in [0, 0.1) is 0 Å². The average Bonchev–Trinajstić information content (AvgIpc) is 2.04. The highest BCUT2D eigenvalue weighted by molar-refractivity contribution is 5.73. The summed E-state index contributed by atoms with van der Waals surface area (Å²) in [6, 6.07) is 0. The van der Waals surface area contributed by atoms with Gasteiger partial charge in [-0.2, -0.15) is 0 Å². The number of allylic oxidation sites excluding steroid dienone is 1. The summed E-state index contributed by atoms with van der Waals surface area (Å²) in [5, 5.41) is 0. The van der Waals surface area contributed by atoms with E-state index in [0.29, 0.717) is 6.42 Å². The Kier molecular flexibility index (Phi) is 1.53. The Morgan fingerprint density at radius 3 is 3.36 bits per heavy atom. The van der Waals surface area contributed by atoms with Crippen LogP contribution in [0.3, 0.4) is 0 Å². The molecule has 0 radical (unpaired) electrons. The Balaban J connectivity index is 2.23. The molecule has 58 valence electrons. The van der Waals surface area contributed by atoms with Crippen LogP contribution < -0.4 is 0 Å². The maximum absolute atomic E-state index is 10.8. The van der Waals surface area contributed by atoms with Crippen LogP contribution in [-0.4, -0.2) is 12.1 Å². The Hall–Kier alpha value is -1.05. The molecule has 2 heteroatoms. The van der Waals surface area contributed by atoms with Gasteiger partial charge >= 0.3 is 5.97 Å². The van der Waals surface area contributed by atoms with E-state index in [-0.39, 0.29) is 12.1 Å². The van der Waals surface area contributed by atoms with Gasteiger partial charge in [-0.25, -0.2) is 0 Å². The summed E-state index contributed by atoms with van der Waals surface area (Å²) in [6.07, 6.45) is 8.59. The van der Waals surface area contributed by atoms with Crippen LogP contribution in [-0.2, 0) is 9.53 Å². The first-order valence-corrected chi connectivity index (χ1v) is 3.91. The fraction of sp³-hybridized carbons (Fsp3) is 0.444. The quantitative estimate of drug-likeness (QED) is 0.387. The number of carbonyl (C=O) groups is 1. The smallest absolute Gasteiger partial charge is 0.310 e. The third-order valence-corrected chi connectivity index (χ3v) is 2.07. The molecule has 1 aliphatic heterocycles. The van der Waals surface area contributed by atoms with Crippen LogP contribution in [0.25, 0.3) is 0 Å². The summed E-state index contributed by atoms with van der Waals surface area (Å²) in [5.41, 5.74) is 1.27. The lowest BCUT2D eigenvalue weighted by Crippen LogP contribution is -2.24. The molecule has 1 heterocycles. The van der Waals surface area contributed by atoms with E-state index in [1.165, 1.54) is 5.57 Å². The summed E-state index contributed by atoms with van der Waals surface area (Å²) in [7, 11) is 0. The molecular weight excluding hydrogens is 140 g/mol. The molecule has 0 aromatic rings. The van der Waals surface area contributed by atoms with Gasteiger partial charge in [0.2, 0.25) is 0 Å². The topological polar surface area (TPSA) is 26.3 Å². The van der Waals surface area contributed by atoms with Crippen molar-refractivity contribution in [1.82, 2.24) is 0 Å². The van der Waals surface area contributed by atoms with Crippen LogP contribution >= 0.6 is 0 Å². The molecule has 2 rings (SSSR count). The van der Waals surface area contributed by atoms with E-state index in [0.717, 1.165) is 12.8 Å². The third kappa shape index (κ3) is 1.20. The van der Waals surface area contributed by atoms with Crippen LogP contribution in [0.2, 0.25) is 0 Å². The second-order valence-electron chi connectivity index (χ2n) is 2.86. The summed E-state index contributed by atoms with van der Waals surface area (Å²) in [5.74, 6) is -0.106. The predicted octanol–water partition coefficient (Wildman–Crippen LogP) is 1.58. The molecule has 1 aliphatic carbocycles. The largest absolute Gasteiger partial charge is 0.453 e. The van der Waals surface area contributed by atoms with E-state index in [9.17, 15) is 4.79 Å². The number of hydrogen-bond acceptors (Lipinski definition) is 2. The Morgan fingerprint density at radius 2 is 2.45 bits per heavy atom. The van der Waals surface area contributed by atoms with Crippen LogP contribution in [0.15, 0.2) is 23.8 Å². The molecule has 2 aliphatic rings. The van der Waals surface area contributed by atoms with Crippen molar-refractivity contribution in [2.75, 3.05) is 0 Å². The molecule has 0 saturated carbocycles. The van der Waals surface area contributed by atoms with Gasteiger partial charge in [0.25, 0.3) is 0 Å². The zero-order valence-electron chi connectivity index (χ0n) is 6.25. The van der Waals surface area contributed by atoms with Crippen LogP contribution in [0.5, 0.6) is 0 Å². The minimum atomic E-state index is -0.106. The van der Waals surface area contributed by atoms with Gasteiger partial charge in [-0.1, -0.05) is 12.2 Å². The van der Waals surface area contributed by atoms with Crippen molar-refractivity contribution in [3.05, 3.63) is 23.8 Å². The summed E-state index contributed by atoms with van der Waals surface area (Å²) in [6.45, 7) is 0. The fourth-order valence-corrected chi connectivity index (χ4v) is 1.47. The lowest BCUT2D eigenvalue weighted by molar-refractivity contribution is -0.145. The molecule has 0 fully saturated rings. The maximum atomic E-state index is 10.8. The van der Waals surface area contributed by atoms with Crippen LogP contribution in [0.1, 0.15) is 19.3 Å². The fourth-order valence-electron chi connectivity index (χ4n) is 1.47. The van der Waals surface area contributed by atoms with Gasteiger partial charge in [-0.05, 0) is 24.5 Å². The molecule has 1 atom stereocenters. The third-order valence-electron chi connectivity index (χ3n) is 2.07. The van der Waals surface area contributed by atoms with Crippen molar-refractivity contribution in [2.45, 2.75) is 25.4 Å². The van der Waals surface area contributed by atoms with E-state index >= 15 is 0 Å². The van der Waals surface area contributed by atoms with Gasteiger partial charge in [0.05, 0.1) is 6.42 Å². The standard InChI is InChI=1S/C9H10O2/c10-9-6-5-7-3-1-2-4-8(7)11-9/h2,4-5,8H,1,3,6H2. The van der Waals surface area contributed by atoms with Crippen molar-refractivity contribution >= 4 is 5.97 Å². The van der Waals surface area contributed by atoms with Gasteiger partial charge in [-0.3, -0.25) is 4.79 Å². The van der Waals surface area contributed by atoms with Gasteiger partial charge in [0.15, 0.2) is 0 Å². The number of rotatable bonds is 0. The predicted molar refractivity (Wildman–Crippen MR) is 41.0 cm³/mol. The van der Waals surface area contributed by atoms with Gasteiger partial charge in [0.1, 0.15) is 6.10 Å². The Morgan fingerprint density at radius 1 is 1.55 bits per heavy atom. The molecule has 11 heavy (non-hydrogen) atoms. The average molecular weight is 150 g/mol. The van der Waals surface area contributed by atoms with E-state index in [4.69, 9.17) is 4.74 Å². The highest BCUT2D eigenvalue weighted by atomic mass is 16.5. The molecule has 0 bridgehead atoms. The monoisotopic (exact) mass is 150 g/mol. The van der Waals surface area contributed by atoms with Crippen molar-refractivity contribution in [3.63, 3.8) is 0 Å². The SMILES string of the molecule is O=C1CC=C2CCC=CC2O1. The Bertz CT molecular complexity index is 238. The van der Waals surface area contributed by atoms with Gasteiger partial charge in [0, 0.05) is 0 Å². The summed E-state index contributed by atoms with van der Waals surface area (Å²) < 4.78 is 5.10. The number of ether oxygens (including phenoxy) is 1. The normalized spacial score (nSPS) is 28.9. The molecule has 0 aromatic carbocycles. The van der Waals surface area contributed by atoms with E-state index < -0.39 is 0 Å². The summed E-state index contributed by atoms with van der Waals surface area (Å²) in [4.78, 5) is 10.8. The molecule has 0 saturated heterocycles. The zero-order chi connectivity index (χ0) is 7.68. The van der Waals surface area contributed by atoms with Crippen molar-refractivity contribution in [2.24, 2.45) is 0 Å². The number of fused-ring (bicyclic) bond motifs is 1. The summed E-state index contributed by atoms with van der Waals surface area (Å²) >= 11 is 0. The lowest BCUT2D eigenvalue weighted by Gasteiger charge is -2.24. The molecule has 0 aromatic heterocycles. The van der Waals surface area contributed by atoms with Crippen molar-refractivity contribution < 1.29 is 9.53 Å². The van der Waals surface area contributed by atoms with Gasteiger partial charge in [-0.15, -0.1) is 0 Å². The van der Waals surface area contributed by atoms with Crippen LogP contribution in [0.4, 0.5) is 0 Å². The van der Waals surface area contributed by atoms with Crippen molar-refractivity contribution in [3.8, 4) is 0 Å². The van der Waals surface area contributed by atoms with E-state index in [2.05, 4.69) is 6.08 Å². The van der Waals surface area contributed by atoms with E-state index in [1.807, 2.05) is 12.2 Å². The molecule has 0 N–H and O–H groups in total. The first-order valence-electron chi connectivity index (χ1n) is 3.91. The van der Waals surface area contributed by atoms with Gasteiger partial charge < -0.3 is 4.74 Å². The molecule has 1 unspecified atom stereocenters. The number of hydrogen-bond donors (Lipinski definition) is 0. The zero-order valence-corrected chi connectivity index (χ0v) is 6.25. The molecular formula is C9H10O2. The molecule has 0 spiro atoms. The minimum Gasteiger partial charge on any atom is -0.453 e. The highest BCUT2D eigenvalue weighted by Gasteiger charge is 2.22. The van der Waals surface area contributed by atoms with Crippen molar-refractivity contribution in [1.29, 1.82) is 0 Å². The Labute approximate surface area is 65.5 Å². The highest BCUT2D eigenvalue weighted by Crippen LogP contribution is 2.24. The van der Waals surface area contributed by atoms with E-state index in [1.54, 1.807) is 0 Å². The number of carbonyl (C=O) groups excluding carboxylic acids is 1.